The summed E-state index contributed by atoms with van der Waals surface area (Å²) >= 11 is 1.54. The normalized spacial score (nSPS) is 11.5. The Balaban J connectivity index is 2.04. The lowest BCUT2D eigenvalue weighted by molar-refractivity contribution is 0.413. The number of halogens is 1. The smallest absolute Gasteiger partial charge is 0.212 e. The van der Waals surface area contributed by atoms with E-state index < -0.39 is 0 Å². The number of methoxy groups -OCH3 is 1. The van der Waals surface area contributed by atoms with E-state index >= 15 is 0 Å². The third-order valence-corrected chi connectivity index (χ3v) is 4.06. The van der Waals surface area contributed by atoms with Gasteiger partial charge < -0.3 is 4.74 Å². The van der Waals surface area contributed by atoms with Crippen LogP contribution in [0.5, 0.6) is 5.75 Å². The molecule has 6 heteroatoms. The highest BCUT2D eigenvalue weighted by Gasteiger charge is 2.17. The SMILES string of the molecule is COc1cccc(F)c1-c1cn2nc(CC(C)C)sc2n1. The number of rotatable bonds is 4. The Morgan fingerprint density at radius 2 is 2.19 bits per heavy atom. The summed E-state index contributed by atoms with van der Waals surface area (Å²) in [5.74, 6) is 0.678. The maximum atomic E-state index is 14.1. The van der Waals surface area contributed by atoms with Crippen LogP contribution in [0.1, 0.15) is 18.9 Å². The molecule has 0 aliphatic heterocycles. The zero-order chi connectivity index (χ0) is 15.0. The van der Waals surface area contributed by atoms with Gasteiger partial charge in [0, 0.05) is 6.42 Å². The molecule has 110 valence electrons. The molecule has 0 aliphatic rings. The van der Waals surface area contributed by atoms with E-state index in [0.29, 0.717) is 22.9 Å². The fourth-order valence-corrected chi connectivity index (χ4v) is 3.30. The quantitative estimate of drug-likeness (QED) is 0.736. The molecule has 21 heavy (non-hydrogen) atoms. The van der Waals surface area contributed by atoms with Gasteiger partial charge in [-0.05, 0) is 18.1 Å². The fraction of sp³-hybridized carbons (Fsp3) is 0.333. The van der Waals surface area contributed by atoms with Crippen LogP contribution in [0.2, 0.25) is 0 Å². The van der Waals surface area contributed by atoms with E-state index in [0.717, 1.165) is 16.4 Å². The molecule has 0 bridgehead atoms. The van der Waals surface area contributed by atoms with E-state index in [2.05, 4.69) is 23.9 Å². The summed E-state index contributed by atoms with van der Waals surface area (Å²) in [7, 11) is 1.52. The molecular formula is C15H16FN3OS. The second-order valence-electron chi connectivity index (χ2n) is 5.26. The molecule has 3 rings (SSSR count). The van der Waals surface area contributed by atoms with Gasteiger partial charge in [0.1, 0.15) is 16.6 Å². The van der Waals surface area contributed by atoms with Crippen molar-refractivity contribution in [2.24, 2.45) is 5.92 Å². The predicted molar refractivity (Wildman–Crippen MR) is 81.4 cm³/mol. The Bertz CT molecular complexity index is 747. The van der Waals surface area contributed by atoms with Crippen LogP contribution in [-0.2, 0) is 6.42 Å². The van der Waals surface area contributed by atoms with E-state index in [1.807, 2.05) is 0 Å². The lowest BCUT2D eigenvalue weighted by Gasteiger charge is -2.06. The summed E-state index contributed by atoms with van der Waals surface area (Å²) < 4.78 is 21.0. The average molecular weight is 305 g/mol. The maximum absolute atomic E-state index is 14.1. The first-order valence-corrected chi connectivity index (χ1v) is 7.58. The molecule has 0 atom stereocenters. The van der Waals surface area contributed by atoms with Crippen LogP contribution >= 0.6 is 11.3 Å². The summed E-state index contributed by atoms with van der Waals surface area (Å²) in [5, 5.41) is 5.53. The number of aromatic nitrogens is 3. The molecular weight excluding hydrogens is 289 g/mol. The van der Waals surface area contributed by atoms with Gasteiger partial charge in [0.15, 0.2) is 0 Å². The van der Waals surface area contributed by atoms with Crippen LogP contribution in [0.25, 0.3) is 16.2 Å². The third kappa shape index (κ3) is 2.63. The molecule has 3 aromatic rings. The van der Waals surface area contributed by atoms with Crippen LogP contribution < -0.4 is 4.74 Å². The van der Waals surface area contributed by atoms with E-state index in [1.165, 1.54) is 24.5 Å². The minimum atomic E-state index is -0.345. The van der Waals surface area contributed by atoms with E-state index in [-0.39, 0.29) is 5.82 Å². The number of benzene rings is 1. The van der Waals surface area contributed by atoms with Crippen LogP contribution in [0.15, 0.2) is 24.4 Å². The Morgan fingerprint density at radius 3 is 2.86 bits per heavy atom. The van der Waals surface area contributed by atoms with Gasteiger partial charge in [0.25, 0.3) is 0 Å². The van der Waals surface area contributed by atoms with Gasteiger partial charge in [-0.3, -0.25) is 0 Å². The number of hydrogen-bond donors (Lipinski definition) is 0. The van der Waals surface area contributed by atoms with Gasteiger partial charge in [-0.1, -0.05) is 31.3 Å². The van der Waals surface area contributed by atoms with Gasteiger partial charge in [-0.2, -0.15) is 5.10 Å². The summed E-state index contributed by atoms with van der Waals surface area (Å²) in [6, 6.07) is 4.75. The van der Waals surface area contributed by atoms with Crippen molar-refractivity contribution in [3.8, 4) is 17.0 Å². The second kappa shape index (κ2) is 5.44. The van der Waals surface area contributed by atoms with Crippen LogP contribution in [0.3, 0.4) is 0 Å². The molecule has 0 fully saturated rings. The van der Waals surface area contributed by atoms with Gasteiger partial charge in [0.05, 0.1) is 24.6 Å². The first-order valence-electron chi connectivity index (χ1n) is 6.76. The minimum Gasteiger partial charge on any atom is -0.496 e. The molecule has 0 spiro atoms. The van der Waals surface area contributed by atoms with Gasteiger partial charge >= 0.3 is 0 Å². The predicted octanol–water partition coefficient (Wildman–Crippen LogP) is 3.80. The molecule has 0 radical (unpaired) electrons. The van der Waals surface area contributed by atoms with E-state index in [1.54, 1.807) is 22.8 Å². The molecule has 4 nitrogen and oxygen atoms in total. The molecule has 0 aliphatic carbocycles. The van der Waals surface area contributed by atoms with Crippen molar-refractivity contribution in [3.05, 3.63) is 35.2 Å². The molecule has 0 N–H and O–H groups in total. The van der Waals surface area contributed by atoms with E-state index in [9.17, 15) is 4.39 Å². The Hall–Kier alpha value is -1.95. The van der Waals surface area contributed by atoms with Crippen molar-refractivity contribution < 1.29 is 9.13 Å². The lowest BCUT2D eigenvalue weighted by atomic mass is 10.1. The average Bonchev–Trinajstić information content (AvgIpc) is 2.95. The number of ether oxygens (including phenoxy) is 1. The molecule has 0 unspecified atom stereocenters. The Kier molecular flexibility index (Phi) is 3.63. The van der Waals surface area contributed by atoms with Crippen LogP contribution in [0.4, 0.5) is 4.39 Å². The second-order valence-corrected chi connectivity index (χ2v) is 6.30. The highest BCUT2D eigenvalue weighted by Crippen LogP contribution is 2.32. The number of hydrogen-bond acceptors (Lipinski definition) is 4. The van der Waals surface area contributed by atoms with Crippen LogP contribution in [-0.4, -0.2) is 21.7 Å². The zero-order valence-electron chi connectivity index (χ0n) is 12.1. The summed E-state index contributed by atoms with van der Waals surface area (Å²) in [4.78, 5) is 5.25. The summed E-state index contributed by atoms with van der Waals surface area (Å²) in [6.07, 6.45) is 2.67. The van der Waals surface area contributed by atoms with Crippen molar-refractivity contribution in [2.45, 2.75) is 20.3 Å². The molecule has 2 aromatic heterocycles. The first-order chi connectivity index (χ1) is 10.1. The molecule has 0 saturated heterocycles. The topological polar surface area (TPSA) is 39.4 Å². The van der Waals surface area contributed by atoms with Crippen molar-refractivity contribution in [1.29, 1.82) is 0 Å². The maximum Gasteiger partial charge on any atom is 0.212 e. The standard InChI is InChI=1S/C15H16FN3OS/c1-9(2)7-13-18-19-8-11(17-15(19)21-13)14-10(16)5-4-6-12(14)20-3/h4-6,8-9H,7H2,1-3H3. The Labute approximate surface area is 126 Å². The van der Waals surface area contributed by atoms with Crippen molar-refractivity contribution in [1.82, 2.24) is 14.6 Å². The zero-order valence-corrected chi connectivity index (χ0v) is 12.9. The lowest BCUT2D eigenvalue weighted by Crippen LogP contribution is -1.94. The molecule has 0 saturated carbocycles. The monoisotopic (exact) mass is 305 g/mol. The molecule has 0 amide bonds. The highest BCUT2D eigenvalue weighted by molar-refractivity contribution is 7.16. The molecule has 2 heterocycles. The first kappa shape index (κ1) is 14.0. The van der Waals surface area contributed by atoms with E-state index in [4.69, 9.17) is 4.74 Å². The number of nitrogens with zero attached hydrogens (tertiary/aromatic N) is 3. The summed E-state index contributed by atoms with van der Waals surface area (Å²) in [5.41, 5.74) is 0.919. The third-order valence-electron chi connectivity index (χ3n) is 3.12. The van der Waals surface area contributed by atoms with Crippen molar-refractivity contribution >= 4 is 16.3 Å². The fourth-order valence-electron chi connectivity index (χ4n) is 2.22. The van der Waals surface area contributed by atoms with Crippen LogP contribution in [0, 0.1) is 11.7 Å². The summed E-state index contributed by atoms with van der Waals surface area (Å²) in [6.45, 7) is 4.31. The number of imidazole rings is 1. The van der Waals surface area contributed by atoms with Crippen molar-refractivity contribution in [2.75, 3.05) is 7.11 Å². The Morgan fingerprint density at radius 1 is 1.38 bits per heavy atom. The number of fused-ring (bicyclic) bond motifs is 1. The minimum absolute atomic E-state index is 0.345. The largest absolute Gasteiger partial charge is 0.496 e. The van der Waals surface area contributed by atoms with Gasteiger partial charge in [0.2, 0.25) is 4.96 Å². The molecule has 1 aromatic carbocycles. The van der Waals surface area contributed by atoms with Crippen molar-refractivity contribution in [3.63, 3.8) is 0 Å². The van der Waals surface area contributed by atoms with Gasteiger partial charge in [-0.15, -0.1) is 0 Å². The van der Waals surface area contributed by atoms with Gasteiger partial charge in [-0.25, -0.2) is 13.9 Å². The highest BCUT2D eigenvalue weighted by atomic mass is 32.1.